The van der Waals surface area contributed by atoms with E-state index in [4.69, 9.17) is 9.47 Å². The zero-order valence-corrected chi connectivity index (χ0v) is 11.8. The number of ether oxygens (including phenoxy) is 2. The average Bonchev–Trinajstić information content (AvgIpc) is 2.35. The van der Waals surface area contributed by atoms with Gasteiger partial charge in [-0.05, 0) is 31.2 Å². The van der Waals surface area contributed by atoms with Crippen LogP contribution in [0.5, 0.6) is 5.75 Å². The van der Waals surface area contributed by atoms with Crippen molar-refractivity contribution in [2.45, 2.75) is 36.6 Å². The molecular formula is C13H18O5S. The summed E-state index contributed by atoms with van der Waals surface area (Å²) in [5.74, 6) is 0.578. The average molecular weight is 286 g/mol. The largest absolute Gasteiger partial charge is 0.488 e. The van der Waals surface area contributed by atoms with Crippen molar-refractivity contribution in [1.82, 2.24) is 0 Å². The van der Waals surface area contributed by atoms with Crippen molar-refractivity contribution in [2.75, 3.05) is 12.9 Å². The molecule has 0 spiro atoms. The minimum atomic E-state index is -3.19. The molecule has 1 aromatic carbocycles. The number of sulfone groups is 1. The second-order valence-corrected chi connectivity index (χ2v) is 6.64. The fourth-order valence-electron chi connectivity index (χ4n) is 2.02. The molecule has 0 amide bonds. The zero-order valence-electron chi connectivity index (χ0n) is 10.9. The Hall–Kier alpha value is -1.11. The maximum Gasteiger partial charge on any atom is 0.175 e. The third-order valence-electron chi connectivity index (χ3n) is 3.12. The second kappa shape index (κ2) is 5.48. The monoisotopic (exact) mass is 286 g/mol. The first-order valence-electron chi connectivity index (χ1n) is 6.18. The van der Waals surface area contributed by atoms with E-state index in [1.54, 1.807) is 12.1 Å². The summed E-state index contributed by atoms with van der Waals surface area (Å²) in [5.41, 5.74) is 0. The summed E-state index contributed by atoms with van der Waals surface area (Å²) in [5, 5.41) is 9.55. The molecule has 1 aliphatic carbocycles. The molecule has 1 aromatic rings. The molecule has 5 nitrogen and oxygen atoms in total. The van der Waals surface area contributed by atoms with E-state index in [-0.39, 0.29) is 17.1 Å². The lowest BCUT2D eigenvalue weighted by Gasteiger charge is -2.40. The van der Waals surface area contributed by atoms with Gasteiger partial charge < -0.3 is 14.6 Å². The third kappa shape index (κ3) is 3.26. The number of aliphatic hydroxyl groups excluding tert-OH is 1. The van der Waals surface area contributed by atoms with Gasteiger partial charge in [-0.25, -0.2) is 8.42 Å². The molecule has 3 unspecified atom stereocenters. The number of rotatable bonds is 5. The lowest BCUT2D eigenvalue weighted by Crippen LogP contribution is -2.55. The molecule has 0 aliphatic heterocycles. The lowest BCUT2D eigenvalue weighted by molar-refractivity contribution is -0.160. The van der Waals surface area contributed by atoms with Gasteiger partial charge in [0, 0.05) is 19.3 Å². The van der Waals surface area contributed by atoms with Crippen LogP contribution in [0.2, 0.25) is 0 Å². The third-order valence-corrected chi connectivity index (χ3v) is 4.25. The molecule has 0 heterocycles. The predicted molar refractivity (Wildman–Crippen MR) is 70.0 cm³/mol. The predicted octanol–water partition coefficient (Wildman–Crippen LogP) is 1.01. The maximum atomic E-state index is 11.3. The van der Waals surface area contributed by atoms with Gasteiger partial charge in [-0.2, -0.15) is 0 Å². The minimum Gasteiger partial charge on any atom is -0.488 e. The van der Waals surface area contributed by atoms with Crippen molar-refractivity contribution in [3.05, 3.63) is 24.3 Å². The summed E-state index contributed by atoms with van der Waals surface area (Å²) in [7, 11) is -3.19. The molecular weight excluding hydrogens is 268 g/mol. The Morgan fingerprint density at radius 3 is 2.42 bits per heavy atom. The maximum absolute atomic E-state index is 11.3. The number of aliphatic hydroxyl groups is 1. The van der Waals surface area contributed by atoms with Crippen LogP contribution in [-0.4, -0.2) is 44.7 Å². The fourth-order valence-corrected chi connectivity index (χ4v) is 2.65. The standard InChI is InChI=1S/C13H18O5S/c1-3-17-13-11(14)8-12(13)18-9-4-6-10(7-5-9)19(2,15)16/h4-7,11-14H,3,8H2,1-2H3. The fraction of sp³-hybridized carbons (Fsp3) is 0.538. The van der Waals surface area contributed by atoms with Crippen molar-refractivity contribution < 1.29 is 23.0 Å². The van der Waals surface area contributed by atoms with Gasteiger partial charge in [-0.15, -0.1) is 0 Å². The van der Waals surface area contributed by atoms with E-state index >= 15 is 0 Å². The van der Waals surface area contributed by atoms with Crippen LogP contribution in [0.15, 0.2) is 29.2 Å². The molecule has 1 saturated carbocycles. The van der Waals surface area contributed by atoms with E-state index in [0.29, 0.717) is 18.8 Å². The second-order valence-electron chi connectivity index (χ2n) is 4.62. The molecule has 0 aromatic heterocycles. The highest BCUT2D eigenvalue weighted by Gasteiger charge is 2.42. The van der Waals surface area contributed by atoms with Crippen molar-refractivity contribution in [3.63, 3.8) is 0 Å². The summed E-state index contributed by atoms with van der Waals surface area (Å²) >= 11 is 0. The summed E-state index contributed by atoms with van der Waals surface area (Å²) in [6.07, 6.45) is 0.716. The Kier molecular flexibility index (Phi) is 4.13. The van der Waals surface area contributed by atoms with Crippen LogP contribution in [-0.2, 0) is 14.6 Å². The number of hydrogen-bond acceptors (Lipinski definition) is 5. The summed E-state index contributed by atoms with van der Waals surface area (Å²) in [6.45, 7) is 2.39. The van der Waals surface area contributed by atoms with Gasteiger partial charge in [0.05, 0.1) is 11.0 Å². The molecule has 1 aliphatic rings. The first-order chi connectivity index (χ1) is 8.91. The van der Waals surface area contributed by atoms with E-state index in [2.05, 4.69) is 0 Å². The van der Waals surface area contributed by atoms with Crippen molar-refractivity contribution in [3.8, 4) is 5.75 Å². The van der Waals surface area contributed by atoms with E-state index in [1.165, 1.54) is 12.1 Å². The van der Waals surface area contributed by atoms with E-state index in [0.717, 1.165) is 6.26 Å². The smallest absolute Gasteiger partial charge is 0.175 e. The van der Waals surface area contributed by atoms with Crippen LogP contribution < -0.4 is 4.74 Å². The Morgan fingerprint density at radius 2 is 1.95 bits per heavy atom. The van der Waals surface area contributed by atoms with Gasteiger partial charge in [-0.1, -0.05) is 0 Å². The quantitative estimate of drug-likeness (QED) is 0.874. The van der Waals surface area contributed by atoms with Crippen molar-refractivity contribution >= 4 is 9.84 Å². The van der Waals surface area contributed by atoms with E-state index in [1.807, 2.05) is 6.92 Å². The molecule has 3 atom stereocenters. The summed E-state index contributed by atoms with van der Waals surface area (Å²) in [6, 6.07) is 6.25. The normalized spacial score (nSPS) is 26.8. The van der Waals surface area contributed by atoms with Crippen LogP contribution in [0.1, 0.15) is 13.3 Å². The van der Waals surface area contributed by atoms with E-state index in [9.17, 15) is 13.5 Å². The Bertz CT molecular complexity index is 522. The van der Waals surface area contributed by atoms with Gasteiger partial charge >= 0.3 is 0 Å². The van der Waals surface area contributed by atoms with E-state index < -0.39 is 15.9 Å². The minimum absolute atomic E-state index is 0.181. The SMILES string of the molecule is CCOC1C(O)CC1Oc1ccc(S(C)(=O)=O)cc1. The van der Waals surface area contributed by atoms with Gasteiger partial charge in [0.1, 0.15) is 18.0 Å². The van der Waals surface area contributed by atoms with Gasteiger partial charge in [0.2, 0.25) is 0 Å². The molecule has 0 bridgehead atoms. The topological polar surface area (TPSA) is 72.8 Å². The molecule has 1 fully saturated rings. The summed E-state index contributed by atoms with van der Waals surface area (Å²) in [4.78, 5) is 0.259. The van der Waals surface area contributed by atoms with Crippen LogP contribution in [0.4, 0.5) is 0 Å². The van der Waals surface area contributed by atoms with Crippen LogP contribution in [0, 0.1) is 0 Å². The van der Waals surface area contributed by atoms with Crippen molar-refractivity contribution in [1.29, 1.82) is 0 Å². The Morgan fingerprint density at radius 1 is 1.32 bits per heavy atom. The summed E-state index contributed by atoms with van der Waals surface area (Å²) < 4.78 is 33.7. The first kappa shape index (κ1) is 14.3. The van der Waals surface area contributed by atoms with Gasteiger partial charge in [0.15, 0.2) is 9.84 Å². The Labute approximate surface area is 113 Å². The molecule has 2 rings (SSSR count). The highest BCUT2D eigenvalue weighted by Crippen LogP contribution is 2.29. The molecule has 1 N–H and O–H groups in total. The molecule has 0 saturated heterocycles. The highest BCUT2D eigenvalue weighted by molar-refractivity contribution is 7.90. The molecule has 106 valence electrons. The van der Waals surface area contributed by atoms with Crippen LogP contribution in [0.3, 0.4) is 0 Å². The van der Waals surface area contributed by atoms with Gasteiger partial charge in [0.25, 0.3) is 0 Å². The first-order valence-corrected chi connectivity index (χ1v) is 8.07. The zero-order chi connectivity index (χ0) is 14.0. The lowest BCUT2D eigenvalue weighted by atomic mass is 9.88. The van der Waals surface area contributed by atoms with Crippen LogP contribution >= 0.6 is 0 Å². The van der Waals surface area contributed by atoms with Gasteiger partial charge in [-0.3, -0.25) is 0 Å². The molecule has 6 heteroatoms. The molecule has 0 radical (unpaired) electrons. The van der Waals surface area contributed by atoms with Crippen LogP contribution in [0.25, 0.3) is 0 Å². The van der Waals surface area contributed by atoms with Crippen molar-refractivity contribution in [2.24, 2.45) is 0 Å². The number of hydrogen-bond donors (Lipinski definition) is 1. The highest BCUT2D eigenvalue weighted by atomic mass is 32.2. The Balaban J connectivity index is 2.01. The molecule has 19 heavy (non-hydrogen) atoms. The number of benzene rings is 1.